The highest BCUT2D eigenvalue weighted by atomic mass is 16.5. The Morgan fingerprint density at radius 3 is 2.39 bits per heavy atom. The van der Waals surface area contributed by atoms with Crippen molar-refractivity contribution in [2.75, 3.05) is 25.6 Å². The Labute approximate surface area is 191 Å². The molecule has 33 heavy (non-hydrogen) atoms. The van der Waals surface area contributed by atoms with Crippen LogP contribution in [0.4, 0.5) is 5.69 Å². The van der Waals surface area contributed by atoms with Crippen LogP contribution in [0.5, 0.6) is 17.2 Å². The van der Waals surface area contributed by atoms with Crippen LogP contribution in [-0.2, 0) is 4.79 Å². The number of carbonyl (C=O) groups excluding carboxylic acids is 1. The fraction of sp³-hybridized carbons (Fsp3) is 0.160. The summed E-state index contributed by atoms with van der Waals surface area (Å²) in [6.45, 7) is 2.37. The van der Waals surface area contributed by atoms with Crippen molar-refractivity contribution in [3.8, 4) is 40.1 Å². The number of methoxy groups -OCH3 is 1. The van der Waals surface area contributed by atoms with E-state index in [4.69, 9.17) is 18.7 Å². The Kier molecular flexibility index (Phi) is 6.84. The molecule has 8 heteroatoms. The molecule has 4 aromatic rings. The van der Waals surface area contributed by atoms with Crippen LogP contribution in [0.25, 0.3) is 22.8 Å². The average Bonchev–Trinajstić information content (AvgIpc) is 3.35. The fourth-order valence-corrected chi connectivity index (χ4v) is 3.06. The van der Waals surface area contributed by atoms with E-state index in [2.05, 4.69) is 15.5 Å². The summed E-state index contributed by atoms with van der Waals surface area (Å²) in [6.07, 6.45) is 0. The van der Waals surface area contributed by atoms with E-state index in [-0.39, 0.29) is 12.5 Å². The van der Waals surface area contributed by atoms with Crippen LogP contribution in [0.1, 0.15) is 6.92 Å². The second-order valence-electron chi connectivity index (χ2n) is 6.97. The molecule has 4 rings (SSSR count). The van der Waals surface area contributed by atoms with Crippen LogP contribution in [0, 0.1) is 0 Å². The van der Waals surface area contributed by atoms with E-state index in [1.165, 1.54) is 0 Å². The summed E-state index contributed by atoms with van der Waals surface area (Å²) >= 11 is 0. The minimum Gasteiger partial charge on any atom is -0.497 e. The van der Waals surface area contributed by atoms with Gasteiger partial charge < -0.3 is 24.1 Å². The van der Waals surface area contributed by atoms with Crippen molar-refractivity contribution in [1.82, 2.24) is 10.1 Å². The number of anilines is 1. The first-order chi connectivity index (χ1) is 16.1. The third-order valence-corrected chi connectivity index (χ3v) is 4.67. The van der Waals surface area contributed by atoms with Gasteiger partial charge in [0.25, 0.3) is 11.8 Å². The number of amides is 1. The van der Waals surface area contributed by atoms with Gasteiger partial charge in [-0.25, -0.2) is 0 Å². The summed E-state index contributed by atoms with van der Waals surface area (Å²) in [5.74, 6) is 2.56. The highest BCUT2D eigenvalue weighted by Gasteiger charge is 2.12. The van der Waals surface area contributed by atoms with Gasteiger partial charge in [-0.2, -0.15) is 4.98 Å². The monoisotopic (exact) mass is 445 g/mol. The molecule has 1 N–H and O–H groups in total. The summed E-state index contributed by atoms with van der Waals surface area (Å²) in [6, 6.07) is 21.7. The molecule has 0 atom stereocenters. The van der Waals surface area contributed by atoms with Crippen molar-refractivity contribution in [2.24, 2.45) is 0 Å². The Balaban J connectivity index is 1.37. The molecule has 0 bridgehead atoms. The zero-order valence-electron chi connectivity index (χ0n) is 18.3. The van der Waals surface area contributed by atoms with Gasteiger partial charge in [0.2, 0.25) is 5.82 Å². The van der Waals surface area contributed by atoms with Gasteiger partial charge in [-0.3, -0.25) is 4.79 Å². The number of carbonyl (C=O) groups is 1. The molecule has 0 unspecified atom stereocenters. The second-order valence-corrected chi connectivity index (χ2v) is 6.97. The number of rotatable bonds is 9. The maximum atomic E-state index is 12.2. The number of ether oxygens (including phenoxy) is 3. The predicted octanol–water partition coefficient (Wildman–Crippen LogP) is 4.83. The van der Waals surface area contributed by atoms with Crippen molar-refractivity contribution in [3.63, 3.8) is 0 Å². The summed E-state index contributed by atoms with van der Waals surface area (Å²) < 4.78 is 21.6. The Morgan fingerprint density at radius 1 is 0.909 bits per heavy atom. The first kappa shape index (κ1) is 21.9. The molecule has 0 saturated carbocycles. The number of nitrogens with one attached hydrogen (secondary N) is 1. The molecule has 1 amide bonds. The van der Waals surface area contributed by atoms with E-state index in [9.17, 15) is 4.79 Å². The standard InChI is InChI=1S/C25H23N3O5/c1-3-31-21-13-9-19(10-14-21)26-23(29)16-32-22-6-4-5-18(15-22)24-27-25(33-28-24)17-7-11-20(30-2)12-8-17/h4-15H,3,16H2,1-2H3,(H,26,29). The Morgan fingerprint density at radius 2 is 1.67 bits per heavy atom. The van der Waals surface area contributed by atoms with Crippen LogP contribution in [0.15, 0.2) is 77.3 Å². The summed E-state index contributed by atoms with van der Waals surface area (Å²) in [5, 5.41) is 6.84. The number of aromatic nitrogens is 2. The largest absolute Gasteiger partial charge is 0.497 e. The lowest BCUT2D eigenvalue weighted by Gasteiger charge is -2.09. The molecule has 0 aliphatic carbocycles. The minimum atomic E-state index is -0.272. The number of nitrogens with zero attached hydrogens (tertiary/aromatic N) is 2. The van der Waals surface area contributed by atoms with Crippen molar-refractivity contribution in [1.29, 1.82) is 0 Å². The van der Waals surface area contributed by atoms with Gasteiger partial charge in [-0.15, -0.1) is 0 Å². The lowest BCUT2D eigenvalue weighted by Crippen LogP contribution is -2.20. The highest BCUT2D eigenvalue weighted by Crippen LogP contribution is 2.26. The van der Waals surface area contributed by atoms with Crippen LogP contribution >= 0.6 is 0 Å². The Bertz CT molecular complexity index is 1200. The van der Waals surface area contributed by atoms with Crippen LogP contribution in [0.2, 0.25) is 0 Å². The molecule has 0 aliphatic rings. The fourth-order valence-electron chi connectivity index (χ4n) is 3.06. The van der Waals surface area contributed by atoms with Crippen LogP contribution < -0.4 is 19.5 Å². The van der Waals surface area contributed by atoms with Crippen LogP contribution in [-0.4, -0.2) is 36.4 Å². The molecule has 0 radical (unpaired) electrons. The topological polar surface area (TPSA) is 95.7 Å². The first-order valence-electron chi connectivity index (χ1n) is 10.4. The Hall–Kier alpha value is -4.33. The van der Waals surface area contributed by atoms with Gasteiger partial charge in [-0.1, -0.05) is 17.3 Å². The second kappa shape index (κ2) is 10.3. The molecule has 1 aromatic heterocycles. The number of hydrogen-bond donors (Lipinski definition) is 1. The molecular weight excluding hydrogens is 422 g/mol. The van der Waals surface area contributed by atoms with Crippen molar-refractivity contribution >= 4 is 11.6 Å². The highest BCUT2D eigenvalue weighted by molar-refractivity contribution is 5.91. The predicted molar refractivity (Wildman–Crippen MR) is 123 cm³/mol. The number of benzene rings is 3. The number of hydrogen-bond acceptors (Lipinski definition) is 7. The molecule has 0 aliphatic heterocycles. The zero-order chi connectivity index (χ0) is 23.0. The maximum absolute atomic E-state index is 12.2. The first-order valence-corrected chi connectivity index (χ1v) is 10.4. The summed E-state index contributed by atoms with van der Waals surface area (Å²) in [4.78, 5) is 16.7. The SMILES string of the molecule is CCOc1ccc(NC(=O)COc2cccc(-c3noc(-c4ccc(OC)cc4)n3)c2)cc1. The van der Waals surface area contributed by atoms with Gasteiger partial charge >= 0.3 is 0 Å². The maximum Gasteiger partial charge on any atom is 0.262 e. The molecular formula is C25H23N3O5. The van der Waals surface area contributed by atoms with Crippen molar-refractivity contribution in [3.05, 3.63) is 72.8 Å². The molecule has 0 spiro atoms. The quantitative estimate of drug-likeness (QED) is 0.394. The molecule has 0 saturated heterocycles. The van der Waals surface area contributed by atoms with E-state index < -0.39 is 0 Å². The van der Waals surface area contributed by atoms with Gasteiger partial charge in [0.05, 0.1) is 13.7 Å². The third-order valence-electron chi connectivity index (χ3n) is 4.67. The normalized spacial score (nSPS) is 10.5. The van der Waals surface area contributed by atoms with E-state index in [0.29, 0.717) is 35.3 Å². The van der Waals surface area contributed by atoms with Crippen molar-refractivity contribution < 1.29 is 23.5 Å². The van der Waals surface area contributed by atoms with E-state index in [1.54, 1.807) is 49.6 Å². The van der Waals surface area contributed by atoms with E-state index in [0.717, 1.165) is 17.1 Å². The summed E-state index contributed by atoms with van der Waals surface area (Å²) in [7, 11) is 1.61. The smallest absolute Gasteiger partial charge is 0.262 e. The third kappa shape index (κ3) is 5.68. The lowest BCUT2D eigenvalue weighted by molar-refractivity contribution is -0.118. The van der Waals surface area contributed by atoms with Gasteiger partial charge in [0, 0.05) is 16.8 Å². The minimum absolute atomic E-state index is 0.139. The molecule has 168 valence electrons. The molecule has 3 aromatic carbocycles. The van der Waals surface area contributed by atoms with Gasteiger partial charge in [0.1, 0.15) is 17.2 Å². The average molecular weight is 445 g/mol. The van der Waals surface area contributed by atoms with E-state index >= 15 is 0 Å². The van der Waals surface area contributed by atoms with Crippen molar-refractivity contribution in [2.45, 2.75) is 6.92 Å². The summed E-state index contributed by atoms with van der Waals surface area (Å²) in [5.41, 5.74) is 2.16. The van der Waals surface area contributed by atoms with Gasteiger partial charge in [-0.05, 0) is 67.6 Å². The lowest BCUT2D eigenvalue weighted by atomic mass is 10.2. The zero-order valence-corrected chi connectivity index (χ0v) is 18.3. The molecule has 0 fully saturated rings. The molecule has 1 heterocycles. The van der Waals surface area contributed by atoms with Gasteiger partial charge in [0.15, 0.2) is 6.61 Å². The van der Waals surface area contributed by atoms with E-state index in [1.807, 2.05) is 37.3 Å². The molecule has 8 nitrogen and oxygen atoms in total. The van der Waals surface area contributed by atoms with Crippen LogP contribution in [0.3, 0.4) is 0 Å².